The Morgan fingerprint density at radius 2 is 1.64 bits per heavy atom. The Morgan fingerprint density at radius 1 is 1.04 bits per heavy atom. The van der Waals surface area contributed by atoms with E-state index in [0.29, 0.717) is 5.56 Å². The lowest BCUT2D eigenvalue weighted by Crippen LogP contribution is -2.50. The van der Waals surface area contributed by atoms with Crippen LogP contribution in [0, 0.1) is 10.1 Å². The second-order valence-corrected chi connectivity index (χ2v) is 8.63. The van der Waals surface area contributed by atoms with Gasteiger partial charge in [0.1, 0.15) is 4.90 Å². The van der Waals surface area contributed by atoms with Crippen molar-refractivity contribution in [1.29, 1.82) is 0 Å². The van der Waals surface area contributed by atoms with Crippen LogP contribution in [0.5, 0.6) is 0 Å². The molecule has 0 radical (unpaired) electrons. The minimum atomic E-state index is -3.71. The number of carbonyl (C=O) groups excluding carboxylic acids is 1. The average molecular weight is 424 g/mol. The molecule has 2 aromatic rings. The standard InChI is InChI=1S/C18H18ClN3O5S/c19-16-3-1-2-4-17(16)28(26,27)21-11-9-20(10-12-21)18(23)13-14-5-7-15(8-6-14)22(24)25/h1-8H,9-13H2. The van der Waals surface area contributed by atoms with Crippen LogP contribution in [0.15, 0.2) is 53.4 Å². The van der Waals surface area contributed by atoms with Gasteiger partial charge in [0.05, 0.1) is 16.4 Å². The molecule has 1 aliphatic rings. The first-order chi connectivity index (χ1) is 13.3. The van der Waals surface area contributed by atoms with Gasteiger partial charge in [0, 0.05) is 38.3 Å². The van der Waals surface area contributed by atoms with E-state index in [4.69, 9.17) is 11.6 Å². The molecular weight excluding hydrogens is 406 g/mol. The van der Waals surface area contributed by atoms with Crippen molar-refractivity contribution < 1.29 is 18.1 Å². The SMILES string of the molecule is O=C(Cc1ccc([N+](=O)[O-])cc1)N1CCN(S(=O)(=O)c2ccccc2Cl)CC1. The Hall–Kier alpha value is -2.49. The maximum Gasteiger partial charge on any atom is 0.269 e. The van der Waals surface area contributed by atoms with Crippen LogP contribution < -0.4 is 0 Å². The second-order valence-electron chi connectivity index (χ2n) is 6.32. The van der Waals surface area contributed by atoms with Gasteiger partial charge in [-0.2, -0.15) is 4.31 Å². The van der Waals surface area contributed by atoms with Crippen molar-refractivity contribution >= 4 is 33.2 Å². The maximum absolute atomic E-state index is 12.7. The number of benzene rings is 2. The van der Waals surface area contributed by atoms with Crippen molar-refractivity contribution in [2.45, 2.75) is 11.3 Å². The van der Waals surface area contributed by atoms with Gasteiger partial charge in [-0.25, -0.2) is 8.42 Å². The van der Waals surface area contributed by atoms with Crippen LogP contribution in [0.4, 0.5) is 5.69 Å². The van der Waals surface area contributed by atoms with Crippen molar-refractivity contribution in [2.24, 2.45) is 0 Å². The Labute approximate surface area is 167 Å². The summed E-state index contributed by atoms with van der Waals surface area (Å²) in [5, 5.41) is 10.9. The molecule has 0 spiro atoms. The molecule has 0 aromatic heterocycles. The van der Waals surface area contributed by atoms with Crippen LogP contribution in [0.2, 0.25) is 5.02 Å². The highest BCUT2D eigenvalue weighted by atomic mass is 35.5. The van der Waals surface area contributed by atoms with Gasteiger partial charge in [0.25, 0.3) is 5.69 Å². The fourth-order valence-corrected chi connectivity index (χ4v) is 4.91. The third kappa shape index (κ3) is 4.32. The highest BCUT2D eigenvalue weighted by molar-refractivity contribution is 7.89. The molecule has 0 aliphatic carbocycles. The molecule has 1 heterocycles. The molecule has 0 bridgehead atoms. The lowest BCUT2D eigenvalue weighted by molar-refractivity contribution is -0.384. The van der Waals surface area contributed by atoms with Gasteiger partial charge < -0.3 is 4.90 Å². The lowest BCUT2D eigenvalue weighted by atomic mass is 10.1. The number of nitrogens with zero attached hydrogens (tertiary/aromatic N) is 3. The number of non-ortho nitro benzene ring substituents is 1. The van der Waals surface area contributed by atoms with Crippen LogP contribution in [0.25, 0.3) is 0 Å². The van der Waals surface area contributed by atoms with Gasteiger partial charge in [0.2, 0.25) is 15.9 Å². The summed E-state index contributed by atoms with van der Waals surface area (Å²) in [7, 11) is -3.71. The molecular formula is C18H18ClN3O5S. The smallest absolute Gasteiger partial charge is 0.269 e. The minimum Gasteiger partial charge on any atom is -0.340 e. The van der Waals surface area contributed by atoms with Crippen LogP contribution in [0.3, 0.4) is 0 Å². The normalized spacial score (nSPS) is 15.4. The lowest BCUT2D eigenvalue weighted by Gasteiger charge is -2.34. The summed E-state index contributed by atoms with van der Waals surface area (Å²) in [5.74, 6) is -0.149. The van der Waals surface area contributed by atoms with E-state index < -0.39 is 14.9 Å². The third-order valence-corrected chi connectivity index (χ3v) is 6.95. The van der Waals surface area contributed by atoms with E-state index >= 15 is 0 Å². The summed E-state index contributed by atoms with van der Waals surface area (Å²) in [5.41, 5.74) is 0.635. The van der Waals surface area contributed by atoms with Crippen LogP contribution in [-0.4, -0.2) is 54.6 Å². The van der Waals surface area contributed by atoms with E-state index in [1.54, 1.807) is 29.2 Å². The molecule has 1 fully saturated rings. The molecule has 0 saturated carbocycles. The zero-order valence-electron chi connectivity index (χ0n) is 14.8. The predicted molar refractivity (Wildman–Crippen MR) is 104 cm³/mol. The van der Waals surface area contributed by atoms with Gasteiger partial charge in [-0.15, -0.1) is 0 Å². The molecule has 1 aliphatic heterocycles. The molecule has 0 atom stereocenters. The number of nitro groups is 1. The van der Waals surface area contributed by atoms with E-state index in [2.05, 4.69) is 0 Å². The second kappa shape index (κ2) is 8.26. The number of rotatable bonds is 5. The van der Waals surface area contributed by atoms with Crippen LogP contribution >= 0.6 is 11.6 Å². The molecule has 10 heteroatoms. The van der Waals surface area contributed by atoms with E-state index in [1.807, 2.05) is 0 Å². The summed E-state index contributed by atoms with van der Waals surface area (Å²) in [4.78, 5) is 24.3. The number of halogens is 1. The highest BCUT2D eigenvalue weighted by Crippen LogP contribution is 2.25. The average Bonchev–Trinajstić information content (AvgIpc) is 2.68. The first-order valence-electron chi connectivity index (χ1n) is 8.55. The van der Waals surface area contributed by atoms with Crippen molar-refractivity contribution in [1.82, 2.24) is 9.21 Å². The van der Waals surface area contributed by atoms with Crippen LogP contribution in [0.1, 0.15) is 5.56 Å². The number of amides is 1. The van der Waals surface area contributed by atoms with Crippen molar-refractivity contribution in [2.75, 3.05) is 26.2 Å². The summed E-state index contributed by atoms with van der Waals surface area (Å²) in [6.07, 6.45) is 0.106. The third-order valence-electron chi connectivity index (χ3n) is 4.55. The molecule has 8 nitrogen and oxygen atoms in total. The molecule has 1 saturated heterocycles. The van der Waals surface area contributed by atoms with Gasteiger partial charge in [-0.05, 0) is 17.7 Å². The van der Waals surface area contributed by atoms with E-state index in [-0.39, 0.29) is 54.1 Å². The Bertz CT molecular complexity index is 987. The molecule has 148 valence electrons. The van der Waals surface area contributed by atoms with Gasteiger partial charge >= 0.3 is 0 Å². The number of piperazine rings is 1. The van der Waals surface area contributed by atoms with Crippen molar-refractivity contribution in [3.05, 3.63) is 69.2 Å². The number of nitro benzene ring substituents is 1. The van der Waals surface area contributed by atoms with Gasteiger partial charge in [-0.3, -0.25) is 14.9 Å². The first kappa shape index (κ1) is 20.2. The summed E-state index contributed by atoms with van der Waals surface area (Å²) < 4.78 is 26.8. The quantitative estimate of drug-likeness (QED) is 0.542. The number of hydrogen-bond donors (Lipinski definition) is 0. The van der Waals surface area contributed by atoms with Crippen molar-refractivity contribution in [3.63, 3.8) is 0 Å². The first-order valence-corrected chi connectivity index (χ1v) is 10.4. The van der Waals surface area contributed by atoms with E-state index in [1.165, 1.54) is 28.6 Å². The van der Waals surface area contributed by atoms with Gasteiger partial charge in [-0.1, -0.05) is 35.9 Å². The van der Waals surface area contributed by atoms with Crippen molar-refractivity contribution in [3.8, 4) is 0 Å². The molecule has 0 unspecified atom stereocenters. The largest absolute Gasteiger partial charge is 0.340 e. The molecule has 28 heavy (non-hydrogen) atoms. The summed E-state index contributed by atoms with van der Waals surface area (Å²) >= 11 is 6.02. The fourth-order valence-electron chi connectivity index (χ4n) is 2.99. The summed E-state index contributed by atoms with van der Waals surface area (Å²) in [6.45, 7) is 0.907. The zero-order chi connectivity index (χ0) is 20.3. The monoisotopic (exact) mass is 423 g/mol. The van der Waals surface area contributed by atoms with E-state index in [0.717, 1.165) is 0 Å². The van der Waals surface area contributed by atoms with Crippen LogP contribution in [-0.2, 0) is 21.2 Å². The summed E-state index contributed by atoms with van der Waals surface area (Å²) in [6, 6.07) is 12.1. The maximum atomic E-state index is 12.7. The number of carbonyl (C=O) groups is 1. The zero-order valence-corrected chi connectivity index (χ0v) is 16.4. The Kier molecular flexibility index (Phi) is 5.97. The van der Waals surface area contributed by atoms with E-state index in [9.17, 15) is 23.3 Å². The topological polar surface area (TPSA) is 101 Å². The minimum absolute atomic E-state index is 0.0328. The molecule has 2 aromatic carbocycles. The van der Waals surface area contributed by atoms with Gasteiger partial charge in [0.15, 0.2) is 0 Å². The molecule has 1 amide bonds. The molecule has 3 rings (SSSR count). The Morgan fingerprint density at radius 3 is 2.21 bits per heavy atom. The number of hydrogen-bond acceptors (Lipinski definition) is 5. The highest BCUT2D eigenvalue weighted by Gasteiger charge is 2.31. The number of sulfonamides is 1. The fraction of sp³-hybridized carbons (Fsp3) is 0.278. The Balaban J connectivity index is 1.61. The predicted octanol–water partition coefficient (Wildman–Crippen LogP) is 2.32. The molecule has 0 N–H and O–H groups in total.